The summed E-state index contributed by atoms with van der Waals surface area (Å²) in [6.07, 6.45) is 1.88. The number of nitrogens with zero attached hydrogens (tertiary/aromatic N) is 2. The molecule has 0 aliphatic carbocycles. The molecule has 0 spiro atoms. The Labute approximate surface area is 161 Å². The molecule has 148 valence electrons. The SMILES string of the molecule is CC(C)(C)c1ccccc1OCC(=O)N1CCCC(N2CCNCC2=O)C1. The van der Waals surface area contributed by atoms with Crippen molar-refractivity contribution in [2.75, 3.05) is 39.3 Å². The van der Waals surface area contributed by atoms with E-state index in [1.165, 1.54) is 0 Å². The maximum absolute atomic E-state index is 12.7. The fourth-order valence-corrected chi connectivity index (χ4v) is 3.89. The van der Waals surface area contributed by atoms with Gasteiger partial charge in [0.25, 0.3) is 5.91 Å². The van der Waals surface area contributed by atoms with Crippen molar-refractivity contribution in [3.05, 3.63) is 29.8 Å². The minimum atomic E-state index is -0.0431. The molecule has 3 rings (SSSR count). The van der Waals surface area contributed by atoms with Crippen molar-refractivity contribution in [2.45, 2.75) is 45.1 Å². The summed E-state index contributed by atoms with van der Waals surface area (Å²) in [7, 11) is 0. The lowest BCUT2D eigenvalue weighted by atomic mass is 9.86. The highest BCUT2D eigenvalue weighted by molar-refractivity contribution is 5.80. The summed E-state index contributed by atoms with van der Waals surface area (Å²) < 4.78 is 5.90. The number of benzene rings is 1. The van der Waals surface area contributed by atoms with Gasteiger partial charge in [-0.1, -0.05) is 39.0 Å². The molecule has 1 atom stereocenters. The topological polar surface area (TPSA) is 61.9 Å². The van der Waals surface area contributed by atoms with Crippen LogP contribution in [0, 0.1) is 0 Å². The predicted molar refractivity (Wildman–Crippen MR) is 105 cm³/mol. The minimum absolute atomic E-state index is 0.00834. The molecule has 2 heterocycles. The van der Waals surface area contributed by atoms with Crippen LogP contribution in [0.1, 0.15) is 39.2 Å². The Balaban J connectivity index is 1.59. The quantitative estimate of drug-likeness (QED) is 0.874. The number of rotatable bonds is 4. The van der Waals surface area contributed by atoms with Crippen LogP contribution in [0.3, 0.4) is 0 Å². The van der Waals surface area contributed by atoms with Crippen LogP contribution in [-0.2, 0) is 15.0 Å². The predicted octanol–water partition coefficient (Wildman–Crippen LogP) is 1.79. The van der Waals surface area contributed by atoms with Gasteiger partial charge in [-0.25, -0.2) is 0 Å². The first kappa shape index (κ1) is 19.7. The van der Waals surface area contributed by atoms with Crippen molar-refractivity contribution >= 4 is 11.8 Å². The lowest BCUT2D eigenvalue weighted by Gasteiger charge is -2.41. The molecule has 2 aliphatic rings. The number of likely N-dealkylation sites (tertiary alicyclic amines) is 1. The van der Waals surface area contributed by atoms with E-state index in [4.69, 9.17) is 4.74 Å². The molecule has 0 radical (unpaired) electrons. The smallest absolute Gasteiger partial charge is 0.260 e. The molecule has 2 amide bonds. The zero-order valence-electron chi connectivity index (χ0n) is 16.7. The van der Waals surface area contributed by atoms with Crippen molar-refractivity contribution in [2.24, 2.45) is 0 Å². The highest BCUT2D eigenvalue weighted by atomic mass is 16.5. The monoisotopic (exact) mass is 373 g/mol. The average Bonchev–Trinajstić information content (AvgIpc) is 2.66. The molecule has 6 heteroatoms. The zero-order valence-corrected chi connectivity index (χ0v) is 16.7. The second-order valence-electron chi connectivity index (χ2n) is 8.43. The fraction of sp³-hybridized carbons (Fsp3) is 0.619. The number of hydrogen-bond acceptors (Lipinski definition) is 4. The summed E-state index contributed by atoms with van der Waals surface area (Å²) in [5.41, 5.74) is 1.05. The molecule has 2 aliphatic heterocycles. The van der Waals surface area contributed by atoms with Crippen LogP contribution in [0.25, 0.3) is 0 Å². The van der Waals surface area contributed by atoms with Crippen LogP contribution < -0.4 is 10.1 Å². The fourth-order valence-electron chi connectivity index (χ4n) is 3.89. The third-order valence-electron chi connectivity index (χ3n) is 5.36. The Hall–Kier alpha value is -2.08. The van der Waals surface area contributed by atoms with Gasteiger partial charge in [-0.3, -0.25) is 9.59 Å². The Morgan fingerprint density at radius 2 is 2.04 bits per heavy atom. The molecule has 0 bridgehead atoms. The summed E-state index contributed by atoms with van der Waals surface area (Å²) in [5, 5.41) is 3.10. The summed E-state index contributed by atoms with van der Waals surface area (Å²) in [5.74, 6) is 0.895. The van der Waals surface area contributed by atoms with Gasteiger partial charge in [0.2, 0.25) is 5.91 Å². The third-order valence-corrected chi connectivity index (χ3v) is 5.36. The lowest BCUT2D eigenvalue weighted by molar-refractivity contribution is -0.141. The summed E-state index contributed by atoms with van der Waals surface area (Å²) in [6, 6.07) is 8.02. The molecule has 6 nitrogen and oxygen atoms in total. The van der Waals surface area contributed by atoms with Crippen molar-refractivity contribution in [3.63, 3.8) is 0 Å². The number of nitrogens with one attached hydrogen (secondary N) is 1. The normalized spacial score (nSPS) is 21.3. The van der Waals surface area contributed by atoms with Crippen LogP contribution in [0.2, 0.25) is 0 Å². The first-order valence-corrected chi connectivity index (χ1v) is 9.86. The van der Waals surface area contributed by atoms with Gasteiger partial charge in [0, 0.05) is 32.2 Å². The maximum atomic E-state index is 12.7. The number of amides is 2. The molecule has 1 unspecified atom stereocenters. The van der Waals surface area contributed by atoms with E-state index in [0.29, 0.717) is 13.1 Å². The first-order valence-electron chi connectivity index (χ1n) is 9.86. The highest BCUT2D eigenvalue weighted by Gasteiger charge is 2.31. The summed E-state index contributed by atoms with van der Waals surface area (Å²) >= 11 is 0. The van der Waals surface area contributed by atoms with Gasteiger partial charge < -0.3 is 19.9 Å². The molecule has 1 aromatic carbocycles. The number of para-hydroxylation sites is 1. The van der Waals surface area contributed by atoms with Gasteiger partial charge in [-0.15, -0.1) is 0 Å². The van der Waals surface area contributed by atoms with Crippen LogP contribution in [0.5, 0.6) is 5.75 Å². The largest absolute Gasteiger partial charge is 0.483 e. The molecule has 1 N–H and O–H groups in total. The van der Waals surface area contributed by atoms with Gasteiger partial charge in [0.15, 0.2) is 6.61 Å². The molecule has 0 saturated carbocycles. The summed E-state index contributed by atoms with van der Waals surface area (Å²) in [4.78, 5) is 28.7. The van der Waals surface area contributed by atoms with E-state index in [0.717, 1.165) is 43.8 Å². The van der Waals surface area contributed by atoms with Gasteiger partial charge >= 0.3 is 0 Å². The summed E-state index contributed by atoms with van der Waals surface area (Å²) in [6.45, 7) is 9.73. The Morgan fingerprint density at radius 3 is 2.78 bits per heavy atom. The van der Waals surface area contributed by atoms with E-state index >= 15 is 0 Å². The Bertz CT molecular complexity index is 683. The van der Waals surface area contributed by atoms with Crippen molar-refractivity contribution in [1.82, 2.24) is 15.1 Å². The number of piperazine rings is 1. The van der Waals surface area contributed by atoms with Crippen LogP contribution in [0.4, 0.5) is 0 Å². The van der Waals surface area contributed by atoms with E-state index in [1.54, 1.807) is 0 Å². The maximum Gasteiger partial charge on any atom is 0.260 e. The molecule has 0 aromatic heterocycles. The van der Waals surface area contributed by atoms with E-state index in [9.17, 15) is 9.59 Å². The van der Waals surface area contributed by atoms with E-state index in [-0.39, 0.29) is 29.9 Å². The first-order chi connectivity index (χ1) is 12.9. The molecule has 2 fully saturated rings. The van der Waals surface area contributed by atoms with Gasteiger partial charge in [0.1, 0.15) is 5.75 Å². The highest BCUT2D eigenvalue weighted by Crippen LogP contribution is 2.31. The van der Waals surface area contributed by atoms with E-state index in [2.05, 4.69) is 26.1 Å². The minimum Gasteiger partial charge on any atom is -0.483 e. The number of carbonyl (C=O) groups excluding carboxylic acids is 2. The molecule has 2 saturated heterocycles. The van der Waals surface area contributed by atoms with Crippen LogP contribution in [-0.4, -0.2) is 67.0 Å². The van der Waals surface area contributed by atoms with Crippen molar-refractivity contribution in [3.8, 4) is 5.75 Å². The lowest BCUT2D eigenvalue weighted by Crippen LogP contribution is -2.57. The number of carbonyl (C=O) groups is 2. The number of ether oxygens (including phenoxy) is 1. The zero-order chi connectivity index (χ0) is 19.4. The number of hydrogen-bond donors (Lipinski definition) is 1. The Morgan fingerprint density at radius 1 is 1.26 bits per heavy atom. The van der Waals surface area contributed by atoms with Gasteiger partial charge in [-0.2, -0.15) is 0 Å². The van der Waals surface area contributed by atoms with Gasteiger partial charge in [-0.05, 0) is 29.9 Å². The number of piperidine rings is 1. The molecule has 1 aromatic rings. The third kappa shape index (κ3) is 4.80. The van der Waals surface area contributed by atoms with Gasteiger partial charge in [0.05, 0.1) is 6.54 Å². The van der Waals surface area contributed by atoms with Crippen molar-refractivity contribution in [1.29, 1.82) is 0 Å². The standard InChI is InChI=1S/C21H31N3O3/c1-21(2,3)17-8-4-5-9-18(17)27-15-20(26)23-11-6-7-16(14-23)24-12-10-22-13-19(24)25/h4-5,8-9,16,22H,6-7,10-15H2,1-3H3. The molecular weight excluding hydrogens is 342 g/mol. The molecule has 27 heavy (non-hydrogen) atoms. The van der Waals surface area contributed by atoms with E-state index < -0.39 is 0 Å². The van der Waals surface area contributed by atoms with Crippen LogP contribution in [0.15, 0.2) is 24.3 Å². The van der Waals surface area contributed by atoms with Crippen LogP contribution >= 0.6 is 0 Å². The average molecular weight is 373 g/mol. The second-order valence-corrected chi connectivity index (χ2v) is 8.43. The Kier molecular flexibility index (Phi) is 6.05. The van der Waals surface area contributed by atoms with Crippen molar-refractivity contribution < 1.29 is 14.3 Å². The molecular formula is C21H31N3O3. The second kappa shape index (κ2) is 8.30. The van der Waals surface area contributed by atoms with E-state index in [1.807, 2.05) is 34.1 Å².